The number of carbonyl (C=O) groups is 2. The fourth-order valence-corrected chi connectivity index (χ4v) is 0.452. The molecule has 0 heterocycles. The van der Waals surface area contributed by atoms with Gasteiger partial charge < -0.3 is 35.1 Å². The van der Waals surface area contributed by atoms with Crippen LogP contribution < -0.4 is 10.2 Å². The van der Waals surface area contributed by atoms with E-state index in [1.165, 1.54) is 0 Å². The van der Waals surface area contributed by atoms with E-state index >= 15 is 0 Å². The van der Waals surface area contributed by atoms with E-state index in [1.807, 2.05) is 0 Å². The van der Waals surface area contributed by atoms with Crippen molar-refractivity contribution in [1.29, 1.82) is 0 Å². The van der Waals surface area contributed by atoms with Gasteiger partial charge in [0, 0.05) is 0 Å². The lowest BCUT2D eigenvalue weighted by molar-refractivity contribution is -0.327. The van der Waals surface area contributed by atoms with Crippen molar-refractivity contribution in [1.82, 2.24) is 0 Å². The quantitative estimate of drug-likeness (QED) is 0.390. The first kappa shape index (κ1) is 10.8. The number of carbonyl (C=O) groups excluding carboxylic acids is 2. The monoisotopic (exact) mass is 178 g/mol. The molecule has 7 nitrogen and oxygen atoms in total. The molecule has 7 heteroatoms. The Hall–Kier alpha value is -1.18. The van der Waals surface area contributed by atoms with E-state index in [0.717, 1.165) is 0 Å². The third-order valence-electron chi connectivity index (χ3n) is 1.13. The van der Waals surface area contributed by atoms with Gasteiger partial charge in [-0.15, -0.1) is 0 Å². The lowest BCUT2D eigenvalue weighted by Gasteiger charge is -2.23. The molecule has 0 spiro atoms. The van der Waals surface area contributed by atoms with E-state index in [2.05, 4.69) is 0 Å². The molecule has 12 heavy (non-hydrogen) atoms. The molecular formula is C5H6O7-2. The van der Waals surface area contributed by atoms with Gasteiger partial charge in [-0.1, -0.05) is 0 Å². The lowest BCUT2D eigenvalue weighted by atomic mass is 10.1. The molecule has 0 bridgehead atoms. The number of aliphatic carboxylic acids is 2. The molecule has 0 rings (SSSR count). The first-order valence-corrected chi connectivity index (χ1v) is 2.84. The molecule has 0 saturated carbocycles. The highest BCUT2D eigenvalue weighted by Crippen LogP contribution is 1.98. The minimum atomic E-state index is -2.46. The van der Waals surface area contributed by atoms with Crippen molar-refractivity contribution in [2.24, 2.45) is 0 Å². The van der Waals surface area contributed by atoms with Crippen molar-refractivity contribution in [3.05, 3.63) is 0 Å². The van der Waals surface area contributed by atoms with Crippen LogP contribution in [0.3, 0.4) is 0 Å². The van der Waals surface area contributed by atoms with Gasteiger partial charge in [-0.05, 0) is 0 Å². The van der Waals surface area contributed by atoms with Gasteiger partial charge in [-0.2, -0.15) is 0 Å². The van der Waals surface area contributed by atoms with Crippen LogP contribution in [0.1, 0.15) is 0 Å². The first-order chi connectivity index (χ1) is 5.37. The highest BCUT2D eigenvalue weighted by Gasteiger charge is 2.26. The van der Waals surface area contributed by atoms with Crippen molar-refractivity contribution >= 4 is 11.9 Å². The van der Waals surface area contributed by atoms with Crippen LogP contribution >= 0.6 is 0 Å². The fraction of sp³-hybridized carbons (Fsp3) is 0.600. The van der Waals surface area contributed by atoms with Crippen LogP contribution in [0.2, 0.25) is 0 Å². The molecule has 0 fully saturated rings. The van der Waals surface area contributed by atoms with Gasteiger partial charge in [0.15, 0.2) is 0 Å². The molecule has 70 valence electrons. The molecule has 0 aromatic heterocycles. The zero-order chi connectivity index (χ0) is 9.89. The normalized spacial score (nSPS) is 17.9. The van der Waals surface area contributed by atoms with Gasteiger partial charge in [-0.25, -0.2) is 0 Å². The maximum atomic E-state index is 9.82. The Morgan fingerprint density at radius 3 is 1.33 bits per heavy atom. The first-order valence-electron chi connectivity index (χ1n) is 2.84. The summed E-state index contributed by atoms with van der Waals surface area (Å²) in [5.41, 5.74) is 0. The van der Waals surface area contributed by atoms with E-state index in [1.54, 1.807) is 0 Å². The number of carboxylic acids is 2. The number of hydrogen-bond acceptors (Lipinski definition) is 7. The van der Waals surface area contributed by atoms with E-state index in [-0.39, 0.29) is 0 Å². The molecule has 0 amide bonds. The van der Waals surface area contributed by atoms with Crippen LogP contribution in [-0.4, -0.2) is 45.6 Å². The number of aliphatic hydroxyl groups excluding tert-OH is 3. The largest absolute Gasteiger partial charge is 0.547 e. The van der Waals surface area contributed by atoms with Crippen LogP contribution in [-0.2, 0) is 9.59 Å². The molecule has 0 radical (unpaired) electrons. The van der Waals surface area contributed by atoms with Crippen molar-refractivity contribution in [3.8, 4) is 0 Å². The van der Waals surface area contributed by atoms with Crippen molar-refractivity contribution in [3.63, 3.8) is 0 Å². The summed E-state index contributed by atoms with van der Waals surface area (Å²) in [6, 6.07) is 0. The van der Waals surface area contributed by atoms with Gasteiger partial charge in [0.05, 0.1) is 11.9 Å². The topological polar surface area (TPSA) is 141 Å². The summed E-state index contributed by atoms with van der Waals surface area (Å²) in [5, 5.41) is 45.1. The summed E-state index contributed by atoms with van der Waals surface area (Å²) in [6.07, 6.45) is -7.28. The number of carboxylic acid groups (broad SMARTS) is 2. The fourth-order valence-electron chi connectivity index (χ4n) is 0.452. The van der Waals surface area contributed by atoms with Gasteiger partial charge >= 0.3 is 0 Å². The van der Waals surface area contributed by atoms with Gasteiger partial charge in [-0.3, -0.25) is 0 Å². The number of rotatable bonds is 4. The van der Waals surface area contributed by atoms with Crippen LogP contribution in [0.5, 0.6) is 0 Å². The third kappa shape index (κ3) is 2.46. The maximum absolute atomic E-state index is 9.82. The molecule has 2 unspecified atom stereocenters. The van der Waals surface area contributed by atoms with E-state index in [9.17, 15) is 19.8 Å². The second kappa shape index (κ2) is 4.00. The van der Waals surface area contributed by atoms with Crippen LogP contribution in [0.25, 0.3) is 0 Å². The Labute approximate surface area is 66.5 Å². The Balaban J connectivity index is 4.28. The summed E-state index contributed by atoms with van der Waals surface area (Å²) in [4.78, 5) is 19.6. The van der Waals surface area contributed by atoms with Gasteiger partial charge in [0.1, 0.15) is 18.3 Å². The minimum Gasteiger partial charge on any atom is -0.547 e. The smallest absolute Gasteiger partial charge is 0.122 e. The predicted octanol–water partition coefficient (Wildman–Crippen LogP) is -5.43. The van der Waals surface area contributed by atoms with Crippen molar-refractivity contribution in [2.45, 2.75) is 18.3 Å². The summed E-state index contributed by atoms with van der Waals surface area (Å²) in [7, 11) is 0. The van der Waals surface area contributed by atoms with Crippen molar-refractivity contribution in [2.75, 3.05) is 0 Å². The maximum Gasteiger partial charge on any atom is 0.122 e. The molecule has 0 aliphatic rings. The predicted molar refractivity (Wildman–Crippen MR) is 28.0 cm³/mol. The van der Waals surface area contributed by atoms with E-state index in [0.29, 0.717) is 0 Å². The molecule has 0 aliphatic carbocycles. The Morgan fingerprint density at radius 1 is 0.917 bits per heavy atom. The summed E-state index contributed by atoms with van der Waals surface area (Å²) in [6.45, 7) is 0. The Bertz CT molecular complexity index is 168. The third-order valence-corrected chi connectivity index (χ3v) is 1.13. The molecule has 0 saturated heterocycles. The second-order valence-corrected chi connectivity index (χ2v) is 2.02. The zero-order valence-electron chi connectivity index (χ0n) is 5.71. The van der Waals surface area contributed by atoms with Crippen LogP contribution in [0, 0.1) is 0 Å². The average molecular weight is 178 g/mol. The highest BCUT2D eigenvalue weighted by molar-refractivity contribution is 5.75. The summed E-state index contributed by atoms with van der Waals surface area (Å²) >= 11 is 0. The summed E-state index contributed by atoms with van der Waals surface area (Å²) in [5.74, 6) is -4.16. The zero-order valence-corrected chi connectivity index (χ0v) is 5.71. The van der Waals surface area contributed by atoms with Crippen molar-refractivity contribution < 1.29 is 35.1 Å². The van der Waals surface area contributed by atoms with E-state index < -0.39 is 30.3 Å². The molecule has 0 aromatic rings. The standard InChI is InChI=1S/C5H8O7/c6-1(2(7)4(9)10)3(8)5(11)12/h1-3,6-8H,(H,9,10)(H,11,12)/p-2. The Kier molecular flexibility index (Phi) is 3.61. The average Bonchev–Trinajstić information content (AvgIpc) is 2.00. The summed E-state index contributed by atoms with van der Waals surface area (Å²) < 4.78 is 0. The number of hydrogen-bond donors (Lipinski definition) is 3. The lowest BCUT2D eigenvalue weighted by Crippen LogP contribution is -2.53. The van der Waals surface area contributed by atoms with Gasteiger partial charge in [0.2, 0.25) is 0 Å². The van der Waals surface area contributed by atoms with Crippen LogP contribution in [0.4, 0.5) is 0 Å². The molecule has 3 N–H and O–H groups in total. The van der Waals surface area contributed by atoms with Crippen LogP contribution in [0.15, 0.2) is 0 Å². The Morgan fingerprint density at radius 2 is 1.17 bits per heavy atom. The number of aliphatic hydroxyl groups is 3. The molecule has 0 aliphatic heterocycles. The second-order valence-electron chi connectivity index (χ2n) is 2.02. The molecular weight excluding hydrogens is 172 g/mol. The minimum absolute atomic E-state index is 2.08. The SMILES string of the molecule is O=C([O-])C(O)C(O)C(O)C(=O)[O-]. The highest BCUT2D eigenvalue weighted by atomic mass is 16.4. The molecule has 2 atom stereocenters. The van der Waals surface area contributed by atoms with Gasteiger partial charge in [0.25, 0.3) is 0 Å². The molecule has 0 aromatic carbocycles. The van der Waals surface area contributed by atoms with E-state index in [4.69, 9.17) is 15.3 Å².